The first kappa shape index (κ1) is 19.6. The van der Waals surface area contributed by atoms with Crippen LogP contribution in [0.15, 0.2) is 29.4 Å². The van der Waals surface area contributed by atoms with Crippen molar-refractivity contribution in [2.24, 2.45) is 0 Å². The summed E-state index contributed by atoms with van der Waals surface area (Å²) in [5.74, 6) is 0.415. The zero-order valence-corrected chi connectivity index (χ0v) is 16.6. The number of aryl methyl sites for hydroxylation is 1. The van der Waals surface area contributed by atoms with Crippen LogP contribution < -0.4 is 4.74 Å². The highest BCUT2D eigenvalue weighted by Gasteiger charge is 2.22. The molecule has 144 valence electrons. The molecule has 0 N–H and O–H groups in total. The summed E-state index contributed by atoms with van der Waals surface area (Å²) in [6.45, 7) is 5.27. The molecule has 0 fully saturated rings. The molecule has 0 amide bonds. The maximum Gasteiger partial charge on any atom is 0.344 e. The van der Waals surface area contributed by atoms with Gasteiger partial charge in [0.25, 0.3) is 0 Å². The first-order valence-corrected chi connectivity index (χ1v) is 9.90. The highest BCUT2D eigenvalue weighted by atomic mass is 32.2. The molecule has 1 aliphatic rings. The summed E-state index contributed by atoms with van der Waals surface area (Å²) in [6.07, 6.45) is 2.73. The number of hydrogen-bond acceptors (Lipinski definition) is 6. The van der Waals surface area contributed by atoms with E-state index in [1.165, 1.54) is 23.9 Å². The van der Waals surface area contributed by atoms with Gasteiger partial charge in [-0.15, -0.1) is 0 Å². The Hall–Kier alpha value is -2.15. The summed E-state index contributed by atoms with van der Waals surface area (Å²) in [5.41, 5.74) is 2.39. The van der Waals surface area contributed by atoms with Crippen LogP contribution in [0.2, 0.25) is 0 Å². The van der Waals surface area contributed by atoms with Crippen LogP contribution in [0.5, 0.6) is 5.88 Å². The summed E-state index contributed by atoms with van der Waals surface area (Å²) < 4.78 is 24.0. The average molecular weight is 390 g/mol. The largest absolute Gasteiger partial charge is 0.465 e. The fourth-order valence-corrected chi connectivity index (χ4v) is 3.60. The zero-order chi connectivity index (χ0) is 19.4. The monoisotopic (exact) mass is 390 g/mol. The standard InChI is InChI=1S/C20H23FN2O3S/c1-20(2,3)26-17(24)11-25-18-15-5-4-6-16(15)22-19(23-18)27-12-13-7-9-14(21)10-8-13/h7-10H,4-6,11-12H2,1-3H3. The molecular formula is C20H23FN2O3S. The van der Waals surface area contributed by atoms with Crippen molar-refractivity contribution in [2.45, 2.75) is 56.5 Å². The van der Waals surface area contributed by atoms with E-state index in [0.717, 1.165) is 36.1 Å². The van der Waals surface area contributed by atoms with Crippen molar-refractivity contribution >= 4 is 17.7 Å². The first-order chi connectivity index (χ1) is 12.8. The van der Waals surface area contributed by atoms with Crippen LogP contribution in [0.3, 0.4) is 0 Å². The summed E-state index contributed by atoms with van der Waals surface area (Å²) in [7, 11) is 0. The molecule has 1 aromatic carbocycles. The minimum absolute atomic E-state index is 0.178. The Morgan fingerprint density at radius 2 is 1.93 bits per heavy atom. The first-order valence-electron chi connectivity index (χ1n) is 8.92. The van der Waals surface area contributed by atoms with Crippen molar-refractivity contribution in [1.82, 2.24) is 9.97 Å². The number of carbonyl (C=O) groups excluding carboxylic acids is 1. The zero-order valence-electron chi connectivity index (χ0n) is 15.8. The number of rotatable bonds is 6. The fourth-order valence-electron chi connectivity index (χ4n) is 2.79. The van der Waals surface area contributed by atoms with E-state index in [1.807, 2.05) is 20.8 Å². The van der Waals surface area contributed by atoms with Gasteiger partial charge >= 0.3 is 5.97 Å². The second-order valence-corrected chi connectivity index (χ2v) is 8.32. The lowest BCUT2D eigenvalue weighted by Gasteiger charge is -2.19. The van der Waals surface area contributed by atoms with E-state index in [-0.39, 0.29) is 12.4 Å². The predicted octanol–water partition coefficient (Wildman–Crippen LogP) is 4.12. The van der Waals surface area contributed by atoms with Crippen molar-refractivity contribution in [3.63, 3.8) is 0 Å². The van der Waals surface area contributed by atoms with Gasteiger partial charge in [0.15, 0.2) is 11.8 Å². The Morgan fingerprint density at radius 1 is 1.19 bits per heavy atom. The second-order valence-electron chi connectivity index (χ2n) is 7.38. The van der Waals surface area contributed by atoms with Gasteiger partial charge in [0, 0.05) is 11.3 Å². The number of benzene rings is 1. The van der Waals surface area contributed by atoms with Gasteiger partial charge in [-0.2, -0.15) is 4.98 Å². The van der Waals surface area contributed by atoms with E-state index < -0.39 is 11.6 Å². The Morgan fingerprint density at radius 3 is 2.63 bits per heavy atom. The molecule has 0 saturated heterocycles. The van der Waals surface area contributed by atoms with Crippen molar-refractivity contribution in [3.05, 3.63) is 46.9 Å². The van der Waals surface area contributed by atoms with Gasteiger partial charge in [0.1, 0.15) is 11.4 Å². The second kappa shape index (κ2) is 8.25. The number of hydrogen-bond donors (Lipinski definition) is 0. The molecule has 27 heavy (non-hydrogen) atoms. The topological polar surface area (TPSA) is 61.3 Å². The van der Waals surface area contributed by atoms with Gasteiger partial charge < -0.3 is 9.47 Å². The fraction of sp³-hybridized carbons (Fsp3) is 0.450. The Bertz CT molecular complexity index is 819. The molecule has 1 aliphatic carbocycles. The molecule has 0 radical (unpaired) electrons. The molecule has 2 aromatic rings. The van der Waals surface area contributed by atoms with Crippen LogP contribution in [-0.4, -0.2) is 28.1 Å². The molecule has 0 atom stereocenters. The minimum atomic E-state index is -0.551. The van der Waals surface area contributed by atoms with Gasteiger partial charge in [-0.1, -0.05) is 23.9 Å². The van der Waals surface area contributed by atoms with Gasteiger partial charge in [-0.05, 0) is 57.7 Å². The molecule has 5 nitrogen and oxygen atoms in total. The van der Waals surface area contributed by atoms with Crippen LogP contribution in [0, 0.1) is 5.82 Å². The van der Waals surface area contributed by atoms with Crippen molar-refractivity contribution in [1.29, 1.82) is 0 Å². The summed E-state index contributed by atoms with van der Waals surface area (Å²) in [5, 5.41) is 0.596. The number of esters is 1. The van der Waals surface area contributed by atoms with Gasteiger partial charge in [0.05, 0.1) is 5.69 Å². The lowest BCUT2D eigenvalue weighted by Crippen LogP contribution is -2.27. The maximum absolute atomic E-state index is 13.0. The molecule has 7 heteroatoms. The third-order valence-corrected chi connectivity index (χ3v) is 4.82. The maximum atomic E-state index is 13.0. The molecule has 1 aromatic heterocycles. The molecule has 0 bridgehead atoms. The highest BCUT2D eigenvalue weighted by molar-refractivity contribution is 7.98. The van der Waals surface area contributed by atoms with Crippen molar-refractivity contribution < 1.29 is 18.7 Å². The van der Waals surface area contributed by atoms with E-state index in [1.54, 1.807) is 12.1 Å². The molecule has 0 unspecified atom stereocenters. The smallest absolute Gasteiger partial charge is 0.344 e. The Kier molecular flexibility index (Phi) is 5.99. The minimum Gasteiger partial charge on any atom is -0.465 e. The molecule has 0 saturated carbocycles. The highest BCUT2D eigenvalue weighted by Crippen LogP contribution is 2.31. The average Bonchev–Trinajstić information content (AvgIpc) is 3.06. The number of fused-ring (bicyclic) bond motifs is 1. The van der Waals surface area contributed by atoms with E-state index in [0.29, 0.717) is 16.8 Å². The lowest BCUT2D eigenvalue weighted by molar-refractivity contribution is -0.157. The summed E-state index contributed by atoms with van der Waals surface area (Å²) >= 11 is 1.46. The quantitative estimate of drug-likeness (QED) is 0.420. The predicted molar refractivity (Wildman–Crippen MR) is 101 cm³/mol. The van der Waals surface area contributed by atoms with Crippen LogP contribution in [0.4, 0.5) is 4.39 Å². The summed E-state index contributed by atoms with van der Waals surface area (Å²) in [6, 6.07) is 6.37. The molecule has 0 aliphatic heterocycles. The number of halogens is 1. The van der Waals surface area contributed by atoms with Crippen molar-refractivity contribution in [2.75, 3.05) is 6.61 Å². The molecular weight excluding hydrogens is 367 g/mol. The molecule has 1 heterocycles. The molecule has 3 rings (SSSR count). The Labute approximate surface area is 162 Å². The van der Waals surface area contributed by atoms with E-state index >= 15 is 0 Å². The van der Waals surface area contributed by atoms with Crippen LogP contribution >= 0.6 is 11.8 Å². The van der Waals surface area contributed by atoms with Crippen LogP contribution in [-0.2, 0) is 28.1 Å². The molecule has 0 spiro atoms. The third-order valence-electron chi connectivity index (χ3n) is 3.90. The Balaban J connectivity index is 1.68. The number of carbonyl (C=O) groups is 1. The van der Waals surface area contributed by atoms with Gasteiger partial charge in [-0.3, -0.25) is 0 Å². The normalized spacial score (nSPS) is 13.3. The summed E-state index contributed by atoms with van der Waals surface area (Å²) in [4.78, 5) is 21.0. The van der Waals surface area contributed by atoms with Gasteiger partial charge in [0.2, 0.25) is 5.88 Å². The SMILES string of the molecule is CC(C)(C)OC(=O)COc1nc(SCc2ccc(F)cc2)nc2c1CCC2. The van der Waals surface area contributed by atoms with E-state index in [9.17, 15) is 9.18 Å². The number of nitrogens with zero attached hydrogens (tertiary/aromatic N) is 2. The number of thioether (sulfide) groups is 1. The lowest BCUT2D eigenvalue weighted by atomic mass is 10.2. The van der Waals surface area contributed by atoms with Crippen LogP contribution in [0.25, 0.3) is 0 Å². The third kappa shape index (κ3) is 5.66. The van der Waals surface area contributed by atoms with Crippen molar-refractivity contribution in [3.8, 4) is 5.88 Å². The van der Waals surface area contributed by atoms with Crippen LogP contribution in [0.1, 0.15) is 44.0 Å². The van der Waals surface area contributed by atoms with Gasteiger partial charge in [-0.25, -0.2) is 14.2 Å². The van der Waals surface area contributed by atoms with E-state index in [4.69, 9.17) is 9.47 Å². The number of aromatic nitrogens is 2. The van der Waals surface area contributed by atoms with E-state index in [2.05, 4.69) is 9.97 Å². The number of ether oxygens (including phenoxy) is 2.